The summed E-state index contributed by atoms with van der Waals surface area (Å²) < 4.78 is 26.1. The van der Waals surface area contributed by atoms with Gasteiger partial charge in [0, 0.05) is 18.1 Å². The first-order chi connectivity index (χ1) is 12.1. The Labute approximate surface area is 148 Å². The third-order valence-corrected chi connectivity index (χ3v) is 4.12. The number of alkyl halides is 1. The third-order valence-electron chi connectivity index (χ3n) is 3.38. The van der Waals surface area contributed by atoms with E-state index in [1.165, 1.54) is 0 Å². The summed E-state index contributed by atoms with van der Waals surface area (Å²) in [7, 11) is -1.53. The number of imidazole rings is 1. The SMILES string of the molecule is C#C.Cc1ccnc(-c2nc(CF)cn2-c2ccc(S(N)=O)cc2)c1. The highest BCUT2D eigenvalue weighted by Crippen LogP contribution is 2.23. The van der Waals surface area contributed by atoms with Crippen molar-refractivity contribution in [3.8, 4) is 30.1 Å². The lowest BCUT2D eigenvalue weighted by Gasteiger charge is -2.08. The summed E-state index contributed by atoms with van der Waals surface area (Å²) in [5.74, 6) is 0.558. The van der Waals surface area contributed by atoms with E-state index in [9.17, 15) is 8.60 Å². The number of nitrogens with two attached hydrogens (primary N) is 1. The Balaban J connectivity index is 0.00000109. The standard InChI is InChI=1S/C16H15FN4OS.C2H2/c1-11-6-7-19-15(8-11)16-20-12(9-17)10-21(16)13-2-4-14(5-3-13)23(18)22;1-2/h2-8,10H,9,18H2,1H3;1-2H. The molecule has 0 amide bonds. The number of nitrogens with zero attached hydrogens (tertiary/aromatic N) is 3. The van der Waals surface area contributed by atoms with Gasteiger partial charge in [0.25, 0.3) is 0 Å². The van der Waals surface area contributed by atoms with Crippen molar-refractivity contribution in [3.63, 3.8) is 0 Å². The number of aromatic nitrogens is 3. The van der Waals surface area contributed by atoms with Gasteiger partial charge < -0.3 is 0 Å². The molecule has 0 aliphatic carbocycles. The molecule has 3 rings (SSSR count). The number of benzene rings is 1. The maximum atomic E-state index is 13.0. The number of terminal acetylenes is 1. The zero-order chi connectivity index (χ0) is 18.4. The van der Waals surface area contributed by atoms with Crippen LogP contribution in [0.1, 0.15) is 11.3 Å². The minimum Gasteiger partial charge on any atom is -0.298 e. The second-order valence-electron chi connectivity index (χ2n) is 5.07. The molecule has 0 radical (unpaired) electrons. The lowest BCUT2D eigenvalue weighted by Crippen LogP contribution is -2.03. The Kier molecular flexibility index (Phi) is 6.17. The van der Waals surface area contributed by atoms with E-state index in [0.29, 0.717) is 22.1 Å². The average Bonchev–Trinajstić information content (AvgIpc) is 3.08. The van der Waals surface area contributed by atoms with E-state index >= 15 is 0 Å². The Bertz CT molecular complexity index is 903. The van der Waals surface area contributed by atoms with Gasteiger partial charge in [-0.1, -0.05) is 0 Å². The van der Waals surface area contributed by atoms with Crippen molar-refractivity contribution in [2.24, 2.45) is 5.14 Å². The number of hydrogen-bond donors (Lipinski definition) is 1. The van der Waals surface area contributed by atoms with Gasteiger partial charge in [-0.05, 0) is 48.9 Å². The molecule has 0 spiro atoms. The fraction of sp³-hybridized carbons (Fsp3) is 0.111. The van der Waals surface area contributed by atoms with Gasteiger partial charge >= 0.3 is 0 Å². The zero-order valence-electron chi connectivity index (χ0n) is 13.6. The Morgan fingerprint density at radius 1 is 1.24 bits per heavy atom. The maximum absolute atomic E-state index is 13.0. The van der Waals surface area contributed by atoms with Crippen LogP contribution in [0.15, 0.2) is 53.7 Å². The average molecular weight is 356 g/mol. The number of halogens is 1. The van der Waals surface area contributed by atoms with Crippen LogP contribution in [-0.4, -0.2) is 18.7 Å². The van der Waals surface area contributed by atoms with Crippen molar-refractivity contribution < 1.29 is 8.60 Å². The molecule has 7 heteroatoms. The van der Waals surface area contributed by atoms with E-state index in [0.717, 1.165) is 11.3 Å². The Hall–Kier alpha value is -2.82. The van der Waals surface area contributed by atoms with Crippen molar-refractivity contribution in [1.82, 2.24) is 14.5 Å². The maximum Gasteiger partial charge on any atom is 0.163 e. The molecular weight excluding hydrogens is 339 g/mol. The number of pyridine rings is 1. The van der Waals surface area contributed by atoms with E-state index in [1.54, 1.807) is 41.2 Å². The Morgan fingerprint density at radius 2 is 1.92 bits per heavy atom. The molecule has 0 saturated heterocycles. The predicted octanol–water partition coefficient (Wildman–Crippen LogP) is 2.94. The van der Waals surface area contributed by atoms with Crippen LogP contribution >= 0.6 is 0 Å². The molecule has 2 heterocycles. The number of aryl methyl sites for hydroxylation is 1. The third kappa shape index (κ3) is 4.18. The summed E-state index contributed by atoms with van der Waals surface area (Å²) in [5, 5.41) is 5.36. The predicted molar refractivity (Wildman–Crippen MR) is 96.8 cm³/mol. The van der Waals surface area contributed by atoms with Gasteiger partial charge in [0.05, 0.1) is 10.6 Å². The minimum absolute atomic E-state index is 0.329. The second kappa shape index (κ2) is 8.33. The molecule has 0 aliphatic heterocycles. The molecule has 128 valence electrons. The van der Waals surface area contributed by atoms with Gasteiger partial charge in [0.1, 0.15) is 23.4 Å². The molecule has 2 aromatic heterocycles. The van der Waals surface area contributed by atoms with Gasteiger partial charge in [-0.25, -0.2) is 18.7 Å². The monoisotopic (exact) mass is 356 g/mol. The van der Waals surface area contributed by atoms with Gasteiger partial charge in [-0.3, -0.25) is 9.55 Å². The molecule has 3 aromatic rings. The van der Waals surface area contributed by atoms with Crippen molar-refractivity contribution >= 4 is 11.0 Å². The highest BCUT2D eigenvalue weighted by atomic mass is 32.2. The summed E-state index contributed by atoms with van der Waals surface area (Å²) in [4.78, 5) is 9.15. The smallest absolute Gasteiger partial charge is 0.163 e. The van der Waals surface area contributed by atoms with E-state index in [1.807, 2.05) is 19.1 Å². The first-order valence-electron chi connectivity index (χ1n) is 7.25. The van der Waals surface area contributed by atoms with Crippen LogP contribution < -0.4 is 5.14 Å². The van der Waals surface area contributed by atoms with Crippen molar-refractivity contribution in [2.75, 3.05) is 0 Å². The molecule has 2 N–H and O–H groups in total. The van der Waals surface area contributed by atoms with E-state index in [4.69, 9.17) is 5.14 Å². The first-order valence-corrected chi connectivity index (χ1v) is 8.47. The van der Waals surface area contributed by atoms with Gasteiger partial charge in [0.2, 0.25) is 0 Å². The summed E-state index contributed by atoms with van der Waals surface area (Å²) >= 11 is 0. The highest BCUT2D eigenvalue weighted by molar-refractivity contribution is 7.82. The number of hydrogen-bond acceptors (Lipinski definition) is 3. The Morgan fingerprint density at radius 3 is 2.48 bits per heavy atom. The van der Waals surface area contributed by atoms with Gasteiger partial charge in [0.15, 0.2) is 5.82 Å². The molecule has 0 fully saturated rings. The minimum atomic E-state index is -1.53. The van der Waals surface area contributed by atoms with Crippen molar-refractivity contribution in [3.05, 3.63) is 60.0 Å². The van der Waals surface area contributed by atoms with Crippen LogP contribution in [0, 0.1) is 19.8 Å². The molecule has 1 aromatic carbocycles. The lowest BCUT2D eigenvalue weighted by molar-refractivity contribution is 0.477. The largest absolute Gasteiger partial charge is 0.298 e. The quantitative estimate of drug-likeness (QED) is 0.731. The van der Waals surface area contributed by atoms with Crippen LogP contribution in [0.25, 0.3) is 17.2 Å². The molecule has 5 nitrogen and oxygen atoms in total. The first kappa shape index (κ1) is 18.5. The fourth-order valence-corrected chi connectivity index (χ4v) is 2.67. The molecule has 25 heavy (non-hydrogen) atoms. The summed E-state index contributed by atoms with van der Waals surface area (Å²) in [6, 6.07) is 10.7. The van der Waals surface area contributed by atoms with Crippen LogP contribution in [0.4, 0.5) is 4.39 Å². The van der Waals surface area contributed by atoms with Crippen molar-refractivity contribution in [1.29, 1.82) is 0 Å². The van der Waals surface area contributed by atoms with Gasteiger partial charge in [-0.15, -0.1) is 12.8 Å². The topological polar surface area (TPSA) is 73.8 Å². The molecule has 0 aliphatic rings. The van der Waals surface area contributed by atoms with Gasteiger partial charge in [-0.2, -0.15) is 0 Å². The summed E-state index contributed by atoms with van der Waals surface area (Å²) in [6.07, 6.45) is 11.3. The zero-order valence-corrected chi connectivity index (χ0v) is 14.4. The molecule has 0 bridgehead atoms. The van der Waals surface area contributed by atoms with Crippen LogP contribution in [0.3, 0.4) is 0 Å². The van der Waals surface area contributed by atoms with Crippen molar-refractivity contribution in [2.45, 2.75) is 18.5 Å². The normalized spacial score (nSPS) is 11.4. The second-order valence-corrected chi connectivity index (χ2v) is 6.14. The number of rotatable bonds is 4. The summed E-state index contributed by atoms with van der Waals surface area (Å²) in [5.41, 5.74) is 2.80. The summed E-state index contributed by atoms with van der Waals surface area (Å²) in [6.45, 7) is 1.30. The highest BCUT2D eigenvalue weighted by Gasteiger charge is 2.13. The molecule has 1 unspecified atom stereocenters. The molecule has 0 saturated carbocycles. The molecule has 1 atom stereocenters. The van der Waals surface area contributed by atoms with E-state index < -0.39 is 17.7 Å². The van der Waals surface area contributed by atoms with E-state index in [-0.39, 0.29) is 0 Å². The molecular formula is C18H17FN4OS. The van der Waals surface area contributed by atoms with Crippen LogP contribution in [0.2, 0.25) is 0 Å². The van der Waals surface area contributed by atoms with Crippen LogP contribution in [-0.2, 0) is 17.7 Å². The van der Waals surface area contributed by atoms with E-state index in [2.05, 4.69) is 22.8 Å². The fourth-order valence-electron chi connectivity index (χ4n) is 2.27. The lowest BCUT2D eigenvalue weighted by atomic mass is 10.2. The van der Waals surface area contributed by atoms with Crippen LogP contribution in [0.5, 0.6) is 0 Å².